The number of hydrogen-bond donors (Lipinski definition) is 1. The first-order valence-electron chi connectivity index (χ1n) is 6.77. The van der Waals surface area contributed by atoms with Crippen LogP contribution in [0, 0.1) is 17.3 Å². The van der Waals surface area contributed by atoms with Crippen LogP contribution >= 0.6 is 11.8 Å². The Bertz CT molecular complexity index is 251. The van der Waals surface area contributed by atoms with Crippen molar-refractivity contribution in [2.24, 2.45) is 17.3 Å². The summed E-state index contributed by atoms with van der Waals surface area (Å²) in [5.74, 6) is 2.08. The van der Waals surface area contributed by atoms with Gasteiger partial charge in [0.2, 0.25) is 0 Å². The van der Waals surface area contributed by atoms with Crippen molar-refractivity contribution >= 4 is 17.7 Å². The van der Waals surface area contributed by atoms with Crippen LogP contribution in [0.25, 0.3) is 0 Å². The van der Waals surface area contributed by atoms with Crippen LogP contribution in [0.3, 0.4) is 0 Å². The molecule has 0 amide bonds. The number of carboxylic acid groups (broad SMARTS) is 1. The molecule has 0 heterocycles. The van der Waals surface area contributed by atoms with Crippen molar-refractivity contribution in [1.29, 1.82) is 0 Å². The lowest BCUT2D eigenvalue weighted by Gasteiger charge is -2.39. The zero-order valence-corrected chi connectivity index (χ0v) is 12.2. The number of thioether (sulfide) groups is 1. The van der Waals surface area contributed by atoms with Crippen molar-refractivity contribution in [3.63, 3.8) is 0 Å². The highest BCUT2D eigenvalue weighted by Gasteiger charge is 2.37. The molecule has 2 atom stereocenters. The topological polar surface area (TPSA) is 37.3 Å². The summed E-state index contributed by atoms with van der Waals surface area (Å²) in [7, 11) is 0. The van der Waals surface area contributed by atoms with Gasteiger partial charge in [0, 0.05) is 0 Å². The van der Waals surface area contributed by atoms with E-state index in [4.69, 9.17) is 0 Å². The number of aliphatic carboxylic acids is 1. The monoisotopic (exact) mass is 258 g/mol. The van der Waals surface area contributed by atoms with Crippen LogP contribution < -0.4 is 0 Å². The fraction of sp³-hybridized carbons (Fsp3) is 0.929. The Morgan fingerprint density at radius 2 is 2.18 bits per heavy atom. The molecule has 1 aliphatic rings. The van der Waals surface area contributed by atoms with Crippen LogP contribution in [0.15, 0.2) is 0 Å². The molecule has 2 nitrogen and oxygen atoms in total. The maximum absolute atomic E-state index is 11.3. The Labute approximate surface area is 110 Å². The third-order valence-electron chi connectivity index (χ3n) is 3.90. The zero-order chi connectivity index (χ0) is 12.9. The van der Waals surface area contributed by atoms with E-state index in [0.717, 1.165) is 25.7 Å². The molecule has 2 unspecified atom stereocenters. The summed E-state index contributed by atoms with van der Waals surface area (Å²) in [4.78, 5) is 11.3. The molecule has 0 aromatic carbocycles. The molecule has 1 fully saturated rings. The van der Waals surface area contributed by atoms with Gasteiger partial charge in [0.25, 0.3) is 0 Å². The van der Waals surface area contributed by atoms with E-state index in [0.29, 0.717) is 11.3 Å². The lowest BCUT2D eigenvalue weighted by molar-refractivity contribution is -0.146. The van der Waals surface area contributed by atoms with Crippen molar-refractivity contribution in [3.05, 3.63) is 0 Å². The van der Waals surface area contributed by atoms with Gasteiger partial charge in [0.15, 0.2) is 0 Å². The average molecular weight is 258 g/mol. The molecule has 0 aromatic heterocycles. The molecular formula is C14H26O2S. The number of hydrogen-bond acceptors (Lipinski definition) is 2. The first kappa shape index (κ1) is 14.9. The lowest BCUT2D eigenvalue weighted by Crippen LogP contribution is -2.34. The molecule has 1 aliphatic carbocycles. The molecular weight excluding hydrogens is 232 g/mol. The van der Waals surface area contributed by atoms with Crippen LogP contribution in [0.2, 0.25) is 0 Å². The lowest BCUT2D eigenvalue weighted by atomic mass is 9.66. The average Bonchev–Trinajstić information content (AvgIpc) is 2.23. The van der Waals surface area contributed by atoms with Crippen LogP contribution in [0.5, 0.6) is 0 Å². The summed E-state index contributed by atoms with van der Waals surface area (Å²) < 4.78 is 0. The molecule has 0 saturated heterocycles. The minimum Gasteiger partial charge on any atom is -0.481 e. The van der Waals surface area contributed by atoms with Crippen molar-refractivity contribution < 1.29 is 9.90 Å². The van der Waals surface area contributed by atoms with Gasteiger partial charge >= 0.3 is 5.97 Å². The fourth-order valence-electron chi connectivity index (χ4n) is 2.96. The summed E-state index contributed by atoms with van der Waals surface area (Å²) in [5, 5.41) is 9.28. The Kier molecular flexibility index (Phi) is 5.84. The number of carbonyl (C=O) groups is 1. The fourth-order valence-corrected chi connectivity index (χ4v) is 3.62. The Hall–Kier alpha value is -0.180. The third kappa shape index (κ3) is 4.90. The third-order valence-corrected chi connectivity index (χ3v) is 4.89. The standard InChI is InChI=1S/C14H26O2S/c1-4-17-9-5-6-11-10-14(2,3)8-7-12(11)13(15)16/h11-12H,4-10H2,1-3H3,(H,15,16). The predicted molar refractivity (Wildman–Crippen MR) is 74.5 cm³/mol. The Morgan fingerprint density at radius 3 is 2.76 bits per heavy atom. The summed E-state index contributed by atoms with van der Waals surface area (Å²) in [6.45, 7) is 6.73. The highest BCUT2D eigenvalue weighted by molar-refractivity contribution is 7.99. The van der Waals surface area contributed by atoms with E-state index in [-0.39, 0.29) is 5.92 Å². The molecule has 0 aromatic rings. The van der Waals surface area contributed by atoms with Gasteiger partial charge in [-0.25, -0.2) is 0 Å². The highest BCUT2D eigenvalue weighted by atomic mass is 32.2. The first-order chi connectivity index (χ1) is 7.96. The molecule has 0 spiro atoms. The smallest absolute Gasteiger partial charge is 0.306 e. The maximum Gasteiger partial charge on any atom is 0.306 e. The largest absolute Gasteiger partial charge is 0.481 e. The number of rotatable bonds is 6. The van der Waals surface area contributed by atoms with E-state index in [1.54, 1.807) is 0 Å². The quantitative estimate of drug-likeness (QED) is 0.730. The van der Waals surface area contributed by atoms with E-state index in [2.05, 4.69) is 20.8 Å². The van der Waals surface area contributed by atoms with E-state index < -0.39 is 5.97 Å². The van der Waals surface area contributed by atoms with E-state index in [1.807, 2.05) is 11.8 Å². The first-order valence-corrected chi connectivity index (χ1v) is 7.92. The molecule has 3 heteroatoms. The van der Waals surface area contributed by atoms with Gasteiger partial charge in [-0.2, -0.15) is 11.8 Å². The summed E-state index contributed by atoms with van der Waals surface area (Å²) in [6.07, 6.45) is 5.27. The molecule has 1 N–H and O–H groups in total. The molecule has 17 heavy (non-hydrogen) atoms. The maximum atomic E-state index is 11.3. The van der Waals surface area contributed by atoms with Crippen molar-refractivity contribution in [3.8, 4) is 0 Å². The van der Waals surface area contributed by atoms with Crippen LogP contribution in [-0.2, 0) is 4.79 Å². The minimum absolute atomic E-state index is 0.0883. The van der Waals surface area contributed by atoms with E-state index in [9.17, 15) is 9.90 Å². The summed E-state index contributed by atoms with van der Waals surface area (Å²) >= 11 is 1.96. The van der Waals surface area contributed by atoms with Crippen molar-refractivity contribution in [1.82, 2.24) is 0 Å². The van der Waals surface area contributed by atoms with Gasteiger partial charge in [-0.3, -0.25) is 4.79 Å². The van der Waals surface area contributed by atoms with Crippen LogP contribution in [0.1, 0.15) is 52.9 Å². The van der Waals surface area contributed by atoms with Gasteiger partial charge in [-0.15, -0.1) is 0 Å². The molecule has 0 bridgehead atoms. The SMILES string of the molecule is CCSCCCC1CC(C)(C)CCC1C(=O)O. The molecule has 100 valence electrons. The molecule has 0 radical (unpaired) electrons. The van der Waals surface area contributed by atoms with Crippen LogP contribution in [-0.4, -0.2) is 22.6 Å². The van der Waals surface area contributed by atoms with Gasteiger partial charge in [-0.05, 0) is 54.9 Å². The van der Waals surface area contributed by atoms with Gasteiger partial charge in [0.1, 0.15) is 0 Å². The predicted octanol–water partition coefficient (Wildman–Crippen LogP) is 4.05. The summed E-state index contributed by atoms with van der Waals surface area (Å²) in [5.41, 5.74) is 0.342. The second kappa shape index (κ2) is 6.67. The van der Waals surface area contributed by atoms with Crippen LogP contribution in [0.4, 0.5) is 0 Å². The van der Waals surface area contributed by atoms with E-state index in [1.165, 1.54) is 17.9 Å². The van der Waals surface area contributed by atoms with Crippen molar-refractivity contribution in [2.45, 2.75) is 52.9 Å². The minimum atomic E-state index is -0.575. The zero-order valence-electron chi connectivity index (χ0n) is 11.4. The molecule has 1 rings (SSSR count). The van der Waals surface area contributed by atoms with Crippen molar-refractivity contribution in [2.75, 3.05) is 11.5 Å². The highest BCUT2D eigenvalue weighted by Crippen LogP contribution is 2.43. The second-order valence-corrected chi connectivity index (χ2v) is 7.34. The van der Waals surface area contributed by atoms with E-state index >= 15 is 0 Å². The normalized spacial score (nSPS) is 27.9. The molecule has 0 aliphatic heterocycles. The molecule has 1 saturated carbocycles. The van der Waals surface area contributed by atoms with Gasteiger partial charge < -0.3 is 5.11 Å². The number of carboxylic acids is 1. The van der Waals surface area contributed by atoms with Gasteiger partial charge in [-0.1, -0.05) is 20.8 Å². The Morgan fingerprint density at radius 1 is 1.47 bits per heavy atom. The van der Waals surface area contributed by atoms with Gasteiger partial charge in [0.05, 0.1) is 5.92 Å². The Balaban J connectivity index is 2.46. The summed E-state index contributed by atoms with van der Waals surface area (Å²) in [6, 6.07) is 0. The second-order valence-electron chi connectivity index (χ2n) is 5.95.